The van der Waals surface area contributed by atoms with Crippen LogP contribution < -0.4 is 5.73 Å². The molecule has 0 saturated heterocycles. The molecule has 0 radical (unpaired) electrons. The molecule has 0 aliphatic carbocycles. The average Bonchev–Trinajstić information content (AvgIpc) is 2.38. The smallest absolute Gasteiger partial charge is 0.259 e. The summed E-state index contributed by atoms with van der Waals surface area (Å²) in [5, 5.41) is 8.60. The predicted octanol–water partition coefficient (Wildman–Crippen LogP) is 2.56. The molecule has 20 heavy (non-hydrogen) atoms. The summed E-state index contributed by atoms with van der Waals surface area (Å²) in [6.45, 7) is 4.19. The Kier molecular flexibility index (Phi) is 5.44. The van der Waals surface area contributed by atoms with Crippen molar-refractivity contribution >= 4 is 11.6 Å². The number of rotatable bonds is 5. The number of nitrogen functional groups attached to an aromatic ring is 1. The van der Waals surface area contributed by atoms with E-state index in [0.717, 1.165) is 12.1 Å². The fourth-order valence-electron chi connectivity index (χ4n) is 1.82. The SMILES string of the molecule is CC(C)CN(CCC#N)C(=O)c1c(F)ccc(N)c1F. The summed E-state index contributed by atoms with van der Waals surface area (Å²) < 4.78 is 27.5. The molecule has 0 fully saturated rings. The molecule has 1 rings (SSSR count). The molecule has 0 aliphatic heterocycles. The van der Waals surface area contributed by atoms with Crippen LogP contribution in [0.3, 0.4) is 0 Å². The number of benzene rings is 1. The molecule has 0 heterocycles. The maximum atomic E-state index is 13.9. The summed E-state index contributed by atoms with van der Waals surface area (Å²) in [7, 11) is 0. The van der Waals surface area contributed by atoms with Gasteiger partial charge in [-0.3, -0.25) is 4.79 Å². The van der Waals surface area contributed by atoms with Gasteiger partial charge >= 0.3 is 0 Å². The van der Waals surface area contributed by atoms with Crippen LogP contribution >= 0.6 is 0 Å². The number of hydrogen-bond acceptors (Lipinski definition) is 3. The topological polar surface area (TPSA) is 70.1 Å². The highest BCUT2D eigenvalue weighted by Gasteiger charge is 2.24. The molecule has 6 heteroatoms. The van der Waals surface area contributed by atoms with Gasteiger partial charge in [-0.15, -0.1) is 0 Å². The lowest BCUT2D eigenvalue weighted by Gasteiger charge is -2.24. The maximum Gasteiger partial charge on any atom is 0.259 e. The summed E-state index contributed by atoms with van der Waals surface area (Å²) in [4.78, 5) is 13.5. The molecule has 1 aromatic rings. The summed E-state index contributed by atoms with van der Waals surface area (Å²) in [5.74, 6) is -2.67. The standard InChI is InChI=1S/C14H17F2N3O/c1-9(2)8-19(7-3-6-17)14(20)12-10(15)4-5-11(18)13(12)16/h4-5,9H,3,7-8,18H2,1-2H3. The number of carbonyl (C=O) groups is 1. The second-order valence-corrected chi connectivity index (χ2v) is 4.88. The third-order valence-electron chi connectivity index (χ3n) is 2.70. The molecule has 0 aromatic heterocycles. The highest BCUT2D eigenvalue weighted by molar-refractivity contribution is 5.95. The molecule has 1 aromatic carbocycles. The average molecular weight is 281 g/mol. The van der Waals surface area contributed by atoms with Crippen LogP contribution in [-0.2, 0) is 0 Å². The summed E-state index contributed by atoms with van der Waals surface area (Å²) in [6, 6.07) is 3.95. The van der Waals surface area contributed by atoms with Gasteiger partial charge in [0, 0.05) is 13.1 Å². The minimum atomic E-state index is -1.05. The van der Waals surface area contributed by atoms with Crippen LogP contribution in [-0.4, -0.2) is 23.9 Å². The number of hydrogen-bond donors (Lipinski definition) is 1. The Balaban J connectivity index is 3.12. The van der Waals surface area contributed by atoms with E-state index in [4.69, 9.17) is 11.0 Å². The zero-order chi connectivity index (χ0) is 15.3. The van der Waals surface area contributed by atoms with Crippen LogP contribution in [0.1, 0.15) is 30.6 Å². The molecule has 4 nitrogen and oxygen atoms in total. The van der Waals surface area contributed by atoms with Crippen LogP contribution in [0, 0.1) is 28.9 Å². The number of nitrogens with two attached hydrogens (primary N) is 1. The van der Waals surface area contributed by atoms with Gasteiger partial charge in [-0.2, -0.15) is 5.26 Å². The first-order valence-corrected chi connectivity index (χ1v) is 6.28. The zero-order valence-corrected chi connectivity index (χ0v) is 11.5. The monoisotopic (exact) mass is 281 g/mol. The predicted molar refractivity (Wildman–Crippen MR) is 71.7 cm³/mol. The van der Waals surface area contributed by atoms with Crippen LogP contribution in [0.15, 0.2) is 12.1 Å². The largest absolute Gasteiger partial charge is 0.396 e. The molecule has 0 spiro atoms. The molecule has 2 N–H and O–H groups in total. The van der Waals surface area contributed by atoms with Crippen molar-refractivity contribution in [3.8, 4) is 6.07 Å². The van der Waals surface area contributed by atoms with Crippen LogP contribution in [0.5, 0.6) is 0 Å². The fraction of sp³-hybridized carbons (Fsp3) is 0.429. The number of nitrogens with zero attached hydrogens (tertiary/aromatic N) is 2. The molecule has 0 bridgehead atoms. The maximum absolute atomic E-state index is 13.9. The van der Waals surface area contributed by atoms with Crippen LogP contribution in [0.25, 0.3) is 0 Å². The first-order valence-electron chi connectivity index (χ1n) is 6.28. The van der Waals surface area contributed by atoms with Crippen molar-refractivity contribution in [1.29, 1.82) is 5.26 Å². The van der Waals surface area contributed by atoms with Gasteiger partial charge in [-0.1, -0.05) is 13.8 Å². The van der Waals surface area contributed by atoms with Crippen molar-refractivity contribution in [1.82, 2.24) is 4.90 Å². The van der Waals surface area contributed by atoms with Crippen LogP contribution in [0.4, 0.5) is 14.5 Å². The van der Waals surface area contributed by atoms with Gasteiger partial charge in [-0.05, 0) is 18.1 Å². The highest BCUT2D eigenvalue weighted by atomic mass is 19.1. The molecule has 0 aliphatic rings. The minimum absolute atomic E-state index is 0.101. The van der Waals surface area contributed by atoms with E-state index >= 15 is 0 Å². The molecular weight excluding hydrogens is 264 g/mol. The number of nitriles is 1. The van der Waals surface area contributed by atoms with Crippen molar-refractivity contribution in [2.75, 3.05) is 18.8 Å². The van der Waals surface area contributed by atoms with Gasteiger partial charge in [0.15, 0.2) is 5.82 Å². The molecule has 0 saturated carbocycles. The van der Waals surface area contributed by atoms with E-state index in [1.165, 1.54) is 4.90 Å². The van der Waals surface area contributed by atoms with Gasteiger partial charge in [-0.25, -0.2) is 8.78 Å². The third-order valence-corrected chi connectivity index (χ3v) is 2.70. The van der Waals surface area contributed by atoms with Gasteiger partial charge in [0.25, 0.3) is 5.91 Å². The molecule has 0 atom stereocenters. The lowest BCUT2D eigenvalue weighted by Crippen LogP contribution is -2.36. The van der Waals surface area contributed by atoms with Crippen molar-refractivity contribution in [3.63, 3.8) is 0 Å². The molecule has 108 valence electrons. The van der Waals surface area contributed by atoms with Crippen molar-refractivity contribution in [3.05, 3.63) is 29.3 Å². The van der Waals surface area contributed by atoms with Gasteiger partial charge in [0.2, 0.25) is 0 Å². The Hall–Kier alpha value is -2.16. The van der Waals surface area contributed by atoms with E-state index in [-0.39, 0.29) is 24.6 Å². The third kappa shape index (κ3) is 3.67. The van der Waals surface area contributed by atoms with Gasteiger partial charge in [0.05, 0.1) is 18.2 Å². The normalized spacial score (nSPS) is 10.4. The Bertz CT molecular complexity index is 538. The summed E-state index contributed by atoms with van der Waals surface area (Å²) in [6.07, 6.45) is 0.101. The van der Waals surface area contributed by atoms with E-state index in [0.29, 0.717) is 6.54 Å². The van der Waals surface area contributed by atoms with Gasteiger partial charge < -0.3 is 10.6 Å². The second-order valence-electron chi connectivity index (χ2n) is 4.88. The number of carbonyl (C=O) groups excluding carboxylic acids is 1. The number of halogens is 2. The lowest BCUT2D eigenvalue weighted by atomic mass is 10.1. The first-order chi connectivity index (χ1) is 9.38. The van der Waals surface area contributed by atoms with Crippen molar-refractivity contribution < 1.29 is 13.6 Å². The van der Waals surface area contributed by atoms with Crippen LogP contribution in [0.2, 0.25) is 0 Å². The summed E-state index contributed by atoms with van der Waals surface area (Å²) in [5.41, 5.74) is 4.42. The van der Waals surface area contributed by atoms with Gasteiger partial charge in [0.1, 0.15) is 11.4 Å². The van der Waals surface area contributed by atoms with Crippen molar-refractivity contribution in [2.45, 2.75) is 20.3 Å². The molecule has 0 unspecified atom stereocenters. The highest BCUT2D eigenvalue weighted by Crippen LogP contribution is 2.21. The van der Waals surface area contributed by atoms with E-state index in [1.807, 2.05) is 19.9 Å². The van der Waals surface area contributed by atoms with E-state index < -0.39 is 23.1 Å². The van der Waals surface area contributed by atoms with Crippen molar-refractivity contribution in [2.24, 2.45) is 5.92 Å². The summed E-state index contributed by atoms with van der Waals surface area (Å²) >= 11 is 0. The van der Waals surface area contributed by atoms with E-state index in [2.05, 4.69) is 0 Å². The quantitative estimate of drug-likeness (QED) is 0.843. The molecular formula is C14H17F2N3O. The Morgan fingerprint density at radius 3 is 2.65 bits per heavy atom. The number of amides is 1. The zero-order valence-electron chi connectivity index (χ0n) is 11.5. The van der Waals surface area contributed by atoms with E-state index in [1.54, 1.807) is 0 Å². The minimum Gasteiger partial charge on any atom is -0.396 e. The fourth-order valence-corrected chi connectivity index (χ4v) is 1.82. The lowest BCUT2D eigenvalue weighted by molar-refractivity contribution is 0.0730. The Labute approximate surface area is 116 Å². The Morgan fingerprint density at radius 2 is 2.10 bits per heavy atom. The number of anilines is 1. The molecule has 1 amide bonds. The van der Waals surface area contributed by atoms with E-state index in [9.17, 15) is 13.6 Å². The first kappa shape index (κ1) is 15.9. The Morgan fingerprint density at radius 1 is 1.45 bits per heavy atom. The second kappa shape index (κ2) is 6.85.